The first-order chi connectivity index (χ1) is 14.5. The van der Waals surface area contributed by atoms with E-state index in [0.717, 1.165) is 0 Å². The summed E-state index contributed by atoms with van der Waals surface area (Å²) in [6.07, 6.45) is 1.33. The monoisotopic (exact) mass is 403 g/mol. The molecule has 0 bridgehead atoms. The topological polar surface area (TPSA) is 113 Å². The molecule has 1 aromatic heterocycles. The van der Waals surface area contributed by atoms with Crippen molar-refractivity contribution in [3.63, 3.8) is 0 Å². The Morgan fingerprint density at radius 3 is 2.60 bits per heavy atom. The van der Waals surface area contributed by atoms with Crippen LogP contribution in [0.5, 0.6) is 0 Å². The number of ether oxygens (including phenoxy) is 1. The maximum absolute atomic E-state index is 13.3. The molecule has 1 atom stereocenters. The molecule has 0 saturated carbocycles. The molecule has 0 spiro atoms. The number of aromatic nitrogens is 1. The van der Waals surface area contributed by atoms with Crippen LogP contribution in [-0.4, -0.2) is 24.0 Å². The SMILES string of the molecule is COC(N)=NC(c1ccc(F)cc1)c1cccc(NC(=O)c2ccc(C#N)cn2)c1. The van der Waals surface area contributed by atoms with Crippen LogP contribution in [0.1, 0.15) is 33.2 Å². The molecule has 3 N–H and O–H groups in total. The third kappa shape index (κ3) is 4.97. The predicted octanol–water partition coefficient (Wildman–Crippen LogP) is 3.40. The number of amidine groups is 1. The highest BCUT2D eigenvalue weighted by atomic mass is 19.1. The van der Waals surface area contributed by atoms with E-state index in [9.17, 15) is 9.18 Å². The predicted molar refractivity (Wildman–Crippen MR) is 110 cm³/mol. The summed E-state index contributed by atoms with van der Waals surface area (Å²) in [4.78, 5) is 20.8. The summed E-state index contributed by atoms with van der Waals surface area (Å²) in [6.45, 7) is 0. The Morgan fingerprint density at radius 2 is 1.97 bits per heavy atom. The summed E-state index contributed by atoms with van der Waals surface area (Å²) in [5, 5.41) is 11.6. The molecule has 0 aliphatic heterocycles. The zero-order chi connectivity index (χ0) is 21.5. The highest BCUT2D eigenvalue weighted by molar-refractivity contribution is 6.02. The minimum absolute atomic E-state index is 0.0273. The van der Waals surface area contributed by atoms with E-state index in [-0.39, 0.29) is 17.5 Å². The molecule has 150 valence electrons. The molecule has 0 saturated heterocycles. The van der Waals surface area contributed by atoms with E-state index in [1.807, 2.05) is 12.1 Å². The van der Waals surface area contributed by atoms with E-state index in [2.05, 4.69) is 15.3 Å². The Morgan fingerprint density at radius 1 is 1.20 bits per heavy atom. The quantitative estimate of drug-likeness (QED) is 0.501. The number of benzene rings is 2. The first kappa shape index (κ1) is 20.5. The van der Waals surface area contributed by atoms with Crippen molar-refractivity contribution in [3.8, 4) is 6.07 Å². The number of nitrogens with zero attached hydrogens (tertiary/aromatic N) is 3. The maximum Gasteiger partial charge on any atom is 0.282 e. The fraction of sp³-hybridized carbons (Fsp3) is 0.0909. The van der Waals surface area contributed by atoms with Crippen LogP contribution in [-0.2, 0) is 4.74 Å². The van der Waals surface area contributed by atoms with Gasteiger partial charge in [0.2, 0.25) is 0 Å². The van der Waals surface area contributed by atoms with E-state index in [0.29, 0.717) is 22.4 Å². The first-order valence-corrected chi connectivity index (χ1v) is 8.90. The second kappa shape index (κ2) is 9.30. The Hall–Kier alpha value is -4.25. The number of hydrogen-bond acceptors (Lipinski definition) is 5. The zero-order valence-corrected chi connectivity index (χ0v) is 16.0. The Labute approximate surface area is 172 Å². The number of methoxy groups -OCH3 is 1. The van der Waals surface area contributed by atoms with Crippen LogP contribution in [0, 0.1) is 17.1 Å². The molecule has 30 heavy (non-hydrogen) atoms. The lowest BCUT2D eigenvalue weighted by Crippen LogP contribution is -2.16. The largest absolute Gasteiger partial charge is 0.469 e. The Balaban J connectivity index is 1.89. The standard InChI is InChI=1S/C22H18FN5O2/c1-30-22(25)28-20(15-6-8-17(23)9-7-15)16-3-2-4-18(11-16)27-21(29)19-10-5-14(12-24)13-26-19/h2-11,13,20H,1H3,(H2,25,28)(H,27,29). The van der Waals surface area contributed by atoms with Crippen molar-refractivity contribution in [2.45, 2.75) is 6.04 Å². The van der Waals surface area contributed by atoms with Gasteiger partial charge in [-0.05, 0) is 47.5 Å². The summed E-state index contributed by atoms with van der Waals surface area (Å²) in [5.74, 6) is -0.785. The summed E-state index contributed by atoms with van der Waals surface area (Å²) < 4.78 is 18.3. The Bertz CT molecular complexity index is 1110. The molecular formula is C22H18FN5O2. The van der Waals surface area contributed by atoms with E-state index in [1.165, 1.54) is 37.6 Å². The molecule has 8 heteroatoms. The number of hydrogen-bond donors (Lipinski definition) is 2. The molecule has 2 aromatic carbocycles. The zero-order valence-electron chi connectivity index (χ0n) is 16.0. The van der Waals surface area contributed by atoms with Gasteiger partial charge in [-0.25, -0.2) is 14.4 Å². The van der Waals surface area contributed by atoms with E-state index in [1.54, 1.807) is 30.3 Å². The van der Waals surface area contributed by atoms with Crippen LogP contribution in [0.2, 0.25) is 0 Å². The van der Waals surface area contributed by atoms with Crippen molar-refractivity contribution in [3.05, 3.63) is 95.1 Å². The molecule has 1 unspecified atom stereocenters. The van der Waals surface area contributed by atoms with Gasteiger partial charge in [-0.15, -0.1) is 0 Å². The molecule has 3 rings (SSSR count). The van der Waals surface area contributed by atoms with Crippen LogP contribution in [0.25, 0.3) is 0 Å². The highest BCUT2D eigenvalue weighted by Gasteiger charge is 2.16. The van der Waals surface area contributed by atoms with Gasteiger partial charge < -0.3 is 15.8 Å². The first-order valence-electron chi connectivity index (χ1n) is 8.90. The number of pyridine rings is 1. The van der Waals surface area contributed by atoms with Gasteiger partial charge in [-0.2, -0.15) is 5.26 Å². The van der Waals surface area contributed by atoms with Crippen LogP contribution >= 0.6 is 0 Å². The summed E-state index contributed by atoms with van der Waals surface area (Å²) in [7, 11) is 1.40. The molecule has 0 radical (unpaired) electrons. The van der Waals surface area contributed by atoms with Gasteiger partial charge in [0.15, 0.2) is 0 Å². The van der Waals surface area contributed by atoms with Crippen LogP contribution in [0.3, 0.4) is 0 Å². The van der Waals surface area contributed by atoms with Gasteiger partial charge in [0, 0.05) is 11.9 Å². The van der Waals surface area contributed by atoms with Gasteiger partial charge in [0.05, 0.1) is 12.7 Å². The van der Waals surface area contributed by atoms with Crippen LogP contribution in [0.15, 0.2) is 71.9 Å². The van der Waals surface area contributed by atoms with Crippen molar-refractivity contribution >= 4 is 17.6 Å². The maximum atomic E-state index is 13.3. The van der Waals surface area contributed by atoms with Crippen LogP contribution in [0.4, 0.5) is 10.1 Å². The molecule has 7 nitrogen and oxygen atoms in total. The van der Waals surface area contributed by atoms with E-state index in [4.69, 9.17) is 15.7 Å². The third-order valence-electron chi connectivity index (χ3n) is 4.24. The molecule has 0 aliphatic carbocycles. The summed E-state index contributed by atoms with van der Waals surface area (Å²) in [5.41, 5.74) is 8.22. The van der Waals surface area contributed by atoms with Crippen LogP contribution < -0.4 is 11.1 Å². The number of nitriles is 1. The van der Waals surface area contributed by atoms with E-state index >= 15 is 0 Å². The lowest BCUT2D eigenvalue weighted by atomic mass is 9.98. The molecule has 1 heterocycles. The van der Waals surface area contributed by atoms with Crippen molar-refractivity contribution in [2.24, 2.45) is 10.7 Å². The molecule has 0 aliphatic rings. The number of rotatable bonds is 5. The highest BCUT2D eigenvalue weighted by Crippen LogP contribution is 2.28. The minimum atomic E-state index is -0.560. The Kier molecular flexibility index (Phi) is 6.35. The molecule has 3 aromatic rings. The third-order valence-corrected chi connectivity index (χ3v) is 4.24. The number of anilines is 1. The smallest absolute Gasteiger partial charge is 0.282 e. The number of amides is 1. The second-order valence-corrected chi connectivity index (χ2v) is 6.25. The number of nitrogens with one attached hydrogen (secondary N) is 1. The fourth-order valence-electron chi connectivity index (χ4n) is 2.74. The lowest BCUT2D eigenvalue weighted by Gasteiger charge is -2.16. The van der Waals surface area contributed by atoms with Crippen molar-refractivity contribution < 1.29 is 13.9 Å². The average Bonchev–Trinajstić information content (AvgIpc) is 2.78. The molecule has 0 fully saturated rings. The number of nitrogens with two attached hydrogens (primary N) is 1. The van der Waals surface area contributed by atoms with Crippen molar-refractivity contribution in [2.75, 3.05) is 12.4 Å². The number of aliphatic imine (C=N–C) groups is 1. The number of halogens is 1. The van der Waals surface area contributed by atoms with E-state index < -0.39 is 11.9 Å². The van der Waals surface area contributed by atoms with Gasteiger partial charge in [0.25, 0.3) is 11.9 Å². The molecular weight excluding hydrogens is 385 g/mol. The van der Waals surface area contributed by atoms with Gasteiger partial charge in [-0.3, -0.25) is 4.79 Å². The van der Waals surface area contributed by atoms with Gasteiger partial charge in [-0.1, -0.05) is 24.3 Å². The lowest BCUT2D eigenvalue weighted by molar-refractivity contribution is 0.102. The number of carbonyl (C=O) groups excluding carboxylic acids is 1. The number of carbonyl (C=O) groups is 1. The summed E-state index contributed by atoms with van der Waals surface area (Å²) in [6, 6.07) is 17.3. The van der Waals surface area contributed by atoms with Gasteiger partial charge >= 0.3 is 0 Å². The molecule has 1 amide bonds. The van der Waals surface area contributed by atoms with Gasteiger partial charge in [0.1, 0.15) is 23.6 Å². The normalized spacial score (nSPS) is 12.0. The minimum Gasteiger partial charge on any atom is -0.469 e. The summed E-state index contributed by atoms with van der Waals surface area (Å²) >= 11 is 0. The van der Waals surface area contributed by atoms with Crippen molar-refractivity contribution in [1.82, 2.24) is 4.98 Å². The fourth-order valence-corrected chi connectivity index (χ4v) is 2.74. The second-order valence-electron chi connectivity index (χ2n) is 6.25. The average molecular weight is 403 g/mol. The van der Waals surface area contributed by atoms with Crippen molar-refractivity contribution in [1.29, 1.82) is 5.26 Å².